The third kappa shape index (κ3) is 3.84. The van der Waals surface area contributed by atoms with Crippen molar-refractivity contribution in [1.82, 2.24) is 0 Å². The Balaban J connectivity index is 2.36. The van der Waals surface area contributed by atoms with E-state index in [1.54, 1.807) is 0 Å². The average Bonchev–Trinajstić information content (AvgIpc) is 2.07. The summed E-state index contributed by atoms with van der Waals surface area (Å²) in [5.41, 5.74) is 4.47. The first-order valence-electron chi connectivity index (χ1n) is 4.85. The summed E-state index contributed by atoms with van der Waals surface area (Å²) >= 11 is 0. The lowest BCUT2D eigenvalue weighted by Crippen LogP contribution is -2.39. The van der Waals surface area contributed by atoms with Crippen LogP contribution in [-0.4, -0.2) is 22.9 Å². The molecule has 1 saturated carbocycles. The van der Waals surface area contributed by atoms with Crippen LogP contribution in [0, 0.1) is 0 Å². The van der Waals surface area contributed by atoms with E-state index in [1.807, 2.05) is 0 Å². The first kappa shape index (κ1) is 11.8. The van der Waals surface area contributed by atoms with Gasteiger partial charge in [-0.1, -0.05) is 0 Å². The molecule has 1 aliphatic carbocycles. The maximum absolute atomic E-state index is 11.9. The fourth-order valence-electron chi connectivity index (χ4n) is 1.80. The highest BCUT2D eigenvalue weighted by atomic mass is 19.4. The van der Waals surface area contributed by atoms with E-state index in [0.717, 1.165) is 0 Å². The molecule has 0 atom stereocenters. The van der Waals surface area contributed by atoms with Crippen molar-refractivity contribution >= 4 is 0 Å². The quantitative estimate of drug-likeness (QED) is 0.733. The molecular formula is C9H16F3NO. The van der Waals surface area contributed by atoms with E-state index in [1.165, 1.54) is 0 Å². The van der Waals surface area contributed by atoms with Gasteiger partial charge < -0.3 is 10.8 Å². The fraction of sp³-hybridized carbons (Fsp3) is 1.00. The molecule has 2 nitrogen and oxygen atoms in total. The number of nitrogens with two attached hydrogens (primary N) is 1. The lowest BCUT2D eigenvalue weighted by Gasteiger charge is -2.35. The highest BCUT2D eigenvalue weighted by Gasteiger charge is 2.36. The third-order valence-electron chi connectivity index (χ3n) is 2.83. The smallest absolute Gasteiger partial charge is 0.389 e. The lowest BCUT2D eigenvalue weighted by atomic mass is 9.80. The maximum Gasteiger partial charge on any atom is 0.389 e. The van der Waals surface area contributed by atoms with Crippen molar-refractivity contribution in [2.75, 3.05) is 0 Å². The summed E-state index contributed by atoms with van der Waals surface area (Å²) in [6, 6.07) is 0.0427. The molecule has 1 rings (SSSR count). The molecule has 3 N–H and O–H groups in total. The van der Waals surface area contributed by atoms with Gasteiger partial charge in [0.15, 0.2) is 0 Å². The van der Waals surface area contributed by atoms with Gasteiger partial charge in [0.25, 0.3) is 0 Å². The topological polar surface area (TPSA) is 46.2 Å². The van der Waals surface area contributed by atoms with Crippen molar-refractivity contribution < 1.29 is 18.3 Å². The molecule has 1 fully saturated rings. The highest BCUT2D eigenvalue weighted by Crippen LogP contribution is 2.34. The number of halogens is 3. The third-order valence-corrected chi connectivity index (χ3v) is 2.83. The molecule has 0 aliphatic heterocycles. The Bertz CT molecular complexity index is 185. The van der Waals surface area contributed by atoms with Crippen LogP contribution in [0.2, 0.25) is 0 Å². The second-order valence-corrected chi connectivity index (χ2v) is 4.18. The minimum Gasteiger partial charge on any atom is -0.390 e. The number of alkyl halides is 3. The molecule has 14 heavy (non-hydrogen) atoms. The van der Waals surface area contributed by atoms with Crippen LogP contribution in [0.1, 0.15) is 38.5 Å². The van der Waals surface area contributed by atoms with Gasteiger partial charge in [-0.2, -0.15) is 13.2 Å². The Morgan fingerprint density at radius 2 is 1.79 bits per heavy atom. The normalized spacial score (nSPS) is 34.5. The predicted molar refractivity (Wildman–Crippen MR) is 46.7 cm³/mol. The monoisotopic (exact) mass is 211 g/mol. The minimum absolute atomic E-state index is 0.0427. The molecule has 0 spiro atoms. The van der Waals surface area contributed by atoms with E-state index >= 15 is 0 Å². The van der Waals surface area contributed by atoms with E-state index in [9.17, 15) is 18.3 Å². The Labute approximate surface area is 81.3 Å². The van der Waals surface area contributed by atoms with E-state index in [4.69, 9.17) is 5.73 Å². The van der Waals surface area contributed by atoms with Gasteiger partial charge in [-0.3, -0.25) is 0 Å². The molecule has 0 aromatic rings. The van der Waals surface area contributed by atoms with E-state index in [0.29, 0.717) is 25.7 Å². The van der Waals surface area contributed by atoms with Crippen LogP contribution >= 0.6 is 0 Å². The standard InChI is InChI=1S/C9H16F3NO/c10-9(11,12)6-5-8(14)3-1-7(13)2-4-8/h7,14H,1-6,13H2. The predicted octanol–water partition coefficient (Wildman–Crippen LogP) is 1.96. The molecule has 0 bridgehead atoms. The van der Waals surface area contributed by atoms with Crippen molar-refractivity contribution in [3.05, 3.63) is 0 Å². The summed E-state index contributed by atoms with van der Waals surface area (Å²) in [5.74, 6) is 0. The van der Waals surface area contributed by atoms with Crippen LogP contribution in [0.3, 0.4) is 0 Å². The molecule has 84 valence electrons. The van der Waals surface area contributed by atoms with E-state index in [2.05, 4.69) is 0 Å². The molecule has 5 heteroatoms. The fourth-order valence-corrected chi connectivity index (χ4v) is 1.80. The number of hydrogen-bond donors (Lipinski definition) is 2. The minimum atomic E-state index is -4.17. The van der Waals surface area contributed by atoms with Crippen LogP contribution in [0.15, 0.2) is 0 Å². The Hall–Kier alpha value is -0.290. The Kier molecular flexibility index (Phi) is 3.42. The van der Waals surface area contributed by atoms with Gasteiger partial charge in [0.1, 0.15) is 0 Å². The second-order valence-electron chi connectivity index (χ2n) is 4.18. The Morgan fingerprint density at radius 3 is 2.21 bits per heavy atom. The second kappa shape index (κ2) is 4.06. The molecule has 0 amide bonds. The van der Waals surface area contributed by atoms with Gasteiger partial charge in [-0.05, 0) is 32.1 Å². The molecule has 0 heterocycles. The molecule has 0 radical (unpaired) electrons. The zero-order valence-electron chi connectivity index (χ0n) is 7.98. The summed E-state index contributed by atoms with van der Waals surface area (Å²) in [5, 5.41) is 9.80. The van der Waals surface area contributed by atoms with Crippen LogP contribution in [-0.2, 0) is 0 Å². The number of hydrogen-bond acceptors (Lipinski definition) is 2. The zero-order chi connectivity index (χ0) is 10.8. The van der Waals surface area contributed by atoms with Crippen LogP contribution in [0.25, 0.3) is 0 Å². The van der Waals surface area contributed by atoms with Crippen molar-refractivity contribution in [3.8, 4) is 0 Å². The molecule has 0 saturated heterocycles. The average molecular weight is 211 g/mol. The first-order chi connectivity index (χ1) is 6.31. The summed E-state index contributed by atoms with van der Waals surface area (Å²) in [4.78, 5) is 0. The summed E-state index contributed by atoms with van der Waals surface area (Å²) in [7, 11) is 0. The SMILES string of the molecule is NC1CCC(O)(CCC(F)(F)F)CC1. The maximum atomic E-state index is 11.9. The zero-order valence-corrected chi connectivity index (χ0v) is 7.98. The first-order valence-corrected chi connectivity index (χ1v) is 4.85. The number of rotatable bonds is 2. The van der Waals surface area contributed by atoms with Crippen molar-refractivity contribution in [3.63, 3.8) is 0 Å². The van der Waals surface area contributed by atoms with Gasteiger partial charge in [0, 0.05) is 12.5 Å². The van der Waals surface area contributed by atoms with Gasteiger partial charge in [0.2, 0.25) is 0 Å². The number of aliphatic hydroxyl groups is 1. The van der Waals surface area contributed by atoms with Crippen LogP contribution in [0.4, 0.5) is 13.2 Å². The van der Waals surface area contributed by atoms with Gasteiger partial charge in [-0.25, -0.2) is 0 Å². The van der Waals surface area contributed by atoms with Gasteiger partial charge >= 0.3 is 6.18 Å². The van der Waals surface area contributed by atoms with E-state index in [-0.39, 0.29) is 12.5 Å². The van der Waals surface area contributed by atoms with Crippen molar-refractivity contribution in [2.45, 2.75) is 56.3 Å². The van der Waals surface area contributed by atoms with Gasteiger partial charge in [-0.15, -0.1) is 0 Å². The molecule has 0 aromatic carbocycles. The largest absolute Gasteiger partial charge is 0.390 e. The molecular weight excluding hydrogens is 195 g/mol. The molecule has 0 unspecified atom stereocenters. The molecule has 0 aromatic heterocycles. The van der Waals surface area contributed by atoms with Crippen LogP contribution < -0.4 is 5.73 Å². The summed E-state index contributed by atoms with van der Waals surface area (Å²) in [6.45, 7) is 0. The highest BCUT2D eigenvalue weighted by molar-refractivity contribution is 4.87. The Morgan fingerprint density at radius 1 is 1.29 bits per heavy atom. The molecule has 1 aliphatic rings. The van der Waals surface area contributed by atoms with Crippen molar-refractivity contribution in [1.29, 1.82) is 0 Å². The van der Waals surface area contributed by atoms with Gasteiger partial charge in [0.05, 0.1) is 5.60 Å². The summed E-state index contributed by atoms with van der Waals surface area (Å²) in [6.07, 6.45) is -3.24. The van der Waals surface area contributed by atoms with E-state index < -0.39 is 18.2 Å². The van der Waals surface area contributed by atoms with Crippen LogP contribution in [0.5, 0.6) is 0 Å². The van der Waals surface area contributed by atoms with Crippen molar-refractivity contribution in [2.24, 2.45) is 5.73 Å². The summed E-state index contributed by atoms with van der Waals surface area (Å²) < 4.78 is 35.8. The lowest BCUT2D eigenvalue weighted by molar-refractivity contribution is -0.149.